The van der Waals surface area contributed by atoms with Gasteiger partial charge in [-0.3, -0.25) is 0 Å². The molecule has 2 fully saturated rings. The highest BCUT2D eigenvalue weighted by Gasteiger charge is 2.39. The highest BCUT2D eigenvalue weighted by Crippen LogP contribution is 2.33. The van der Waals surface area contributed by atoms with E-state index in [0.29, 0.717) is 12.6 Å². The summed E-state index contributed by atoms with van der Waals surface area (Å²) in [5.41, 5.74) is 0.0157. The van der Waals surface area contributed by atoms with Crippen LogP contribution in [0.3, 0.4) is 0 Å². The van der Waals surface area contributed by atoms with Crippen molar-refractivity contribution in [1.29, 1.82) is 0 Å². The third-order valence-electron chi connectivity index (χ3n) is 4.84. The van der Waals surface area contributed by atoms with Crippen molar-refractivity contribution in [3.63, 3.8) is 0 Å². The lowest BCUT2D eigenvalue weighted by Crippen LogP contribution is -2.48. The predicted molar refractivity (Wildman–Crippen MR) is 75.8 cm³/mol. The lowest BCUT2D eigenvalue weighted by Gasteiger charge is -2.33. The molecule has 2 atom stereocenters. The van der Waals surface area contributed by atoms with E-state index < -0.39 is 0 Å². The Morgan fingerprint density at radius 1 is 1.17 bits per heavy atom. The SMILES string of the molecule is CCNC1(CO)CCC(N2CCCCCCC2)C1. The van der Waals surface area contributed by atoms with Crippen molar-refractivity contribution in [2.75, 3.05) is 26.2 Å². The van der Waals surface area contributed by atoms with E-state index in [4.69, 9.17) is 0 Å². The molecule has 2 aliphatic rings. The second kappa shape index (κ2) is 6.88. The van der Waals surface area contributed by atoms with Gasteiger partial charge in [0.1, 0.15) is 0 Å². The van der Waals surface area contributed by atoms with E-state index in [2.05, 4.69) is 17.1 Å². The molecular weight excluding hydrogens is 224 g/mol. The summed E-state index contributed by atoms with van der Waals surface area (Å²) in [4.78, 5) is 2.70. The minimum Gasteiger partial charge on any atom is -0.394 e. The Morgan fingerprint density at radius 2 is 1.83 bits per heavy atom. The fourth-order valence-electron chi connectivity index (χ4n) is 3.78. The van der Waals surface area contributed by atoms with Crippen molar-refractivity contribution in [2.24, 2.45) is 0 Å². The van der Waals surface area contributed by atoms with Crippen molar-refractivity contribution in [2.45, 2.75) is 69.9 Å². The zero-order chi connectivity index (χ0) is 12.8. The fourth-order valence-corrected chi connectivity index (χ4v) is 3.78. The number of hydrogen-bond acceptors (Lipinski definition) is 3. The molecule has 2 unspecified atom stereocenters. The molecule has 2 rings (SSSR count). The number of aliphatic hydroxyl groups excluding tert-OH is 1. The van der Waals surface area contributed by atoms with Crippen molar-refractivity contribution in [3.8, 4) is 0 Å². The normalized spacial score (nSPS) is 35.3. The predicted octanol–water partition coefficient (Wildman–Crippen LogP) is 2.15. The maximum Gasteiger partial charge on any atom is 0.0613 e. The first kappa shape index (κ1) is 14.3. The summed E-state index contributed by atoms with van der Waals surface area (Å²) in [7, 11) is 0. The van der Waals surface area contributed by atoms with Gasteiger partial charge in [-0.2, -0.15) is 0 Å². The van der Waals surface area contributed by atoms with E-state index >= 15 is 0 Å². The van der Waals surface area contributed by atoms with Gasteiger partial charge in [0.05, 0.1) is 6.61 Å². The Balaban J connectivity index is 1.89. The second-order valence-electron chi connectivity index (χ2n) is 6.17. The first-order valence-corrected chi connectivity index (χ1v) is 7.89. The molecule has 1 saturated carbocycles. The molecule has 3 nitrogen and oxygen atoms in total. The van der Waals surface area contributed by atoms with Crippen molar-refractivity contribution >= 4 is 0 Å². The number of nitrogens with zero attached hydrogens (tertiary/aromatic N) is 1. The van der Waals surface area contributed by atoms with Crippen LogP contribution in [0.5, 0.6) is 0 Å². The van der Waals surface area contributed by atoms with Crippen LogP contribution >= 0.6 is 0 Å². The molecule has 1 aliphatic carbocycles. The minimum absolute atomic E-state index is 0.0157. The van der Waals surface area contributed by atoms with E-state index in [1.807, 2.05) is 0 Å². The van der Waals surface area contributed by atoms with Crippen molar-refractivity contribution < 1.29 is 5.11 Å². The number of nitrogens with one attached hydrogen (secondary N) is 1. The zero-order valence-electron chi connectivity index (χ0n) is 12.0. The van der Waals surface area contributed by atoms with E-state index in [0.717, 1.165) is 19.4 Å². The van der Waals surface area contributed by atoms with E-state index in [1.54, 1.807) is 0 Å². The topological polar surface area (TPSA) is 35.5 Å². The summed E-state index contributed by atoms with van der Waals surface area (Å²) < 4.78 is 0. The Morgan fingerprint density at radius 3 is 2.44 bits per heavy atom. The number of hydrogen-bond donors (Lipinski definition) is 2. The lowest BCUT2D eigenvalue weighted by molar-refractivity contribution is 0.138. The summed E-state index contributed by atoms with van der Waals surface area (Å²) in [6.45, 7) is 5.95. The molecule has 106 valence electrons. The number of aliphatic hydroxyl groups is 1. The molecule has 0 aromatic rings. The van der Waals surface area contributed by atoms with Gasteiger partial charge in [-0.1, -0.05) is 26.2 Å². The smallest absolute Gasteiger partial charge is 0.0613 e. The van der Waals surface area contributed by atoms with Crippen LogP contribution in [-0.2, 0) is 0 Å². The van der Waals surface area contributed by atoms with Gasteiger partial charge in [0, 0.05) is 11.6 Å². The lowest BCUT2D eigenvalue weighted by atomic mass is 9.98. The van der Waals surface area contributed by atoms with E-state index in [1.165, 1.54) is 51.6 Å². The van der Waals surface area contributed by atoms with E-state index in [-0.39, 0.29) is 5.54 Å². The minimum atomic E-state index is 0.0157. The molecule has 2 N–H and O–H groups in total. The van der Waals surface area contributed by atoms with Crippen LogP contribution in [0.2, 0.25) is 0 Å². The first-order chi connectivity index (χ1) is 8.79. The molecule has 0 bridgehead atoms. The number of likely N-dealkylation sites (tertiary alicyclic amines) is 1. The molecular formula is C15H30N2O. The van der Waals surface area contributed by atoms with Crippen molar-refractivity contribution in [1.82, 2.24) is 10.2 Å². The fraction of sp³-hybridized carbons (Fsp3) is 1.00. The molecule has 0 spiro atoms. The second-order valence-corrected chi connectivity index (χ2v) is 6.17. The zero-order valence-corrected chi connectivity index (χ0v) is 12.0. The van der Waals surface area contributed by atoms with Crippen LogP contribution in [0.1, 0.15) is 58.3 Å². The molecule has 3 heteroatoms. The number of rotatable bonds is 4. The average molecular weight is 254 g/mol. The van der Waals surface area contributed by atoms with Crippen LogP contribution in [0.15, 0.2) is 0 Å². The Kier molecular flexibility index (Phi) is 5.46. The third kappa shape index (κ3) is 3.46. The molecule has 0 aromatic heterocycles. The van der Waals surface area contributed by atoms with Gasteiger partial charge in [-0.05, 0) is 51.7 Å². The average Bonchev–Trinajstić information content (AvgIpc) is 2.74. The molecule has 0 aromatic carbocycles. The van der Waals surface area contributed by atoms with Gasteiger partial charge >= 0.3 is 0 Å². The van der Waals surface area contributed by atoms with Gasteiger partial charge in [-0.25, -0.2) is 0 Å². The van der Waals surface area contributed by atoms with Gasteiger partial charge in [0.2, 0.25) is 0 Å². The van der Waals surface area contributed by atoms with Gasteiger partial charge < -0.3 is 15.3 Å². The van der Waals surface area contributed by atoms with Gasteiger partial charge in [0.15, 0.2) is 0 Å². The van der Waals surface area contributed by atoms with E-state index in [9.17, 15) is 5.11 Å². The Hall–Kier alpha value is -0.120. The third-order valence-corrected chi connectivity index (χ3v) is 4.84. The van der Waals surface area contributed by atoms with Crippen LogP contribution in [0, 0.1) is 0 Å². The standard InChI is InChI=1S/C15H30N2O/c1-2-16-15(13-18)9-8-14(12-15)17-10-6-4-3-5-7-11-17/h14,16,18H,2-13H2,1H3. The van der Waals surface area contributed by atoms with Crippen molar-refractivity contribution in [3.05, 3.63) is 0 Å². The summed E-state index contributed by atoms with van der Waals surface area (Å²) in [5, 5.41) is 13.2. The Bertz CT molecular complexity index is 239. The van der Waals surface area contributed by atoms with Crippen LogP contribution in [0.25, 0.3) is 0 Å². The molecule has 18 heavy (non-hydrogen) atoms. The highest BCUT2D eigenvalue weighted by molar-refractivity contribution is 4.99. The highest BCUT2D eigenvalue weighted by atomic mass is 16.3. The van der Waals surface area contributed by atoms with Crippen LogP contribution in [0.4, 0.5) is 0 Å². The maximum atomic E-state index is 9.68. The van der Waals surface area contributed by atoms with Crippen LogP contribution in [-0.4, -0.2) is 47.8 Å². The monoisotopic (exact) mass is 254 g/mol. The quantitative estimate of drug-likeness (QED) is 0.807. The number of likely N-dealkylation sites (N-methyl/N-ethyl adjacent to an activating group) is 1. The summed E-state index contributed by atoms with van der Waals surface area (Å²) in [5.74, 6) is 0. The molecule has 1 aliphatic heterocycles. The van der Waals surface area contributed by atoms with Gasteiger partial charge in [-0.15, -0.1) is 0 Å². The van der Waals surface area contributed by atoms with Gasteiger partial charge in [0.25, 0.3) is 0 Å². The Labute approximate surface area is 112 Å². The summed E-state index contributed by atoms with van der Waals surface area (Å²) in [6.07, 6.45) is 10.5. The molecule has 1 saturated heterocycles. The first-order valence-electron chi connectivity index (χ1n) is 7.89. The molecule has 0 amide bonds. The van der Waals surface area contributed by atoms with Crippen LogP contribution < -0.4 is 5.32 Å². The maximum absolute atomic E-state index is 9.68. The summed E-state index contributed by atoms with van der Waals surface area (Å²) >= 11 is 0. The largest absolute Gasteiger partial charge is 0.394 e. The summed E-state index contributed by atoms with van der Waals surface area (Å²) in [6, 6.07) is 0.703. The molecule has 1 heterocycles. The molecule has 0 radical (unpaired) electrons.